The van der Waals surface area contributed by atoms with Crippen LogP contribution in [0.4, 0.5) is 0 Å². The Morgan fingerprint density at radius 3 is 2.75 bits per heavy atom. The number of fused-ring (bicyclic) bond motifs is 1. The lowest BCUT2D eigenvalue weighted by Crippen LogP contribution is -2.26. The molecule has 4 rings (SSSR count). The molecule has 0 spiro atoms. The lowest BCUT2D eigenvalue weighted by atomic mass is 9.76. The Morgan fingerprint density at radius 2 is 2.00 bits per heavy atom. The van der Waals surface area contributed by atoms with Gasteiger partial charge >= 0.3 is 0 Å². The summed E-state index contributed by atoms with van der Waals surface area (Å²) in [6.45, 7) is 6.17. The summed E-state index contributed by atoms with van der Waals surface area (Å²) in [5.74, 6) is 0.601. The second-order valence-corrected chi connectivity index (χ2v) is 8.85. The molecule has 5 nitrogen and oxygen atoms in total. The first-order valence-electron chi connectivity index (χ1n) is 9.27. The predicted octanol–water partition coefficient (Wildman–Crippen LogP) is 4.80. The number of rotatable bonds is 4. The molecule has 0 aliphatic heterocycles. The number of nitrogens with zero attached hydrogens (tertiary/aromatic N) is 1. The standard InChI is InChI=1S/C22H22N2O3S/c1-13-18-16(25)9-22(2,3)10-17(18)27-19(13)20(26)23-11-15-12-28-21(24-15)14-7-5-4-6-8-14/h4-8,12H,9-11H2,1-3H3,(H,23,26). The first-order chi connectivity index (χ1) is 13.3. The fourth-order valence-electron chi connectivity index (χ4n) is 3.65. The zero-order valence-corrected chi connectivity index (χ0v) is 17.0. The van der Waals surface area contributed by atoms with Gasteiger partial charge in [-0.1, -0.05) is 44.2 Å². The maximum atomic E-state index is 12.7. The van der Waals surface area contributed by atoms with Crippen molar-refractivity contribution >= 4 is 23.0 Å². The summed E-state index contributed by atoms with van der Waals surface area (Å²) in [6, 6.07) is 9.94. The van der Waals surface area contributed by atoms with E-state index >= 15 is 0 Å². The summed E-state index contributed by atoms with van der Waals surface area (Å²) in [6.07, 6.45) is 1.14. The molecule has 1 amide bonds. The molecular formula is C22H22N2O3S. The van der Waals surface area contributed by atoms with E-state index in [4.69, 9.17) is 4.42 Å². The molecule has 0 atom stereocenters. The van der Waals surface area contributed by atoms with Gasteiger partial charge < -0.3 is 9.73 Å². The van der Waals surface area contributed by atoms with Gasteiger partial charge in [0.15, 0.2) is 11.5 Å². The van der Waals surface area contributed by atoms with E-state index < -0.39 is 0 Å². The van der Waals surface area contributed by atoms with Gasteiger partial charge in [0.2, 0.25) is 0 Å². The highest BCUT2D eigenvalue weighted by molar-refractivity contribution is 7.13. The van der Waals surface area contributed by atoms with Gasteiger partial charge in [-0.2, -0.15) is 0 Å². The zero-order valence-electron chi connectivity index (χ0n) is 16.2. The third-order valence-electron chi connectivity index (χ3n) is 4.99. The van der Waals surface area contributed by atoms with E-state index in [9.17, 15) is 9.59 Å². The van der Waals surface area contributed by atoms with Gasteiger partial charge in [0.25, 0.3) is 5.91 Å². The molecule has 144 valence electrons. The topological polar surface area (TPSA) is 72.2 Å². The summed E-state index contributed by atoms with van der Waals surface area (Å²) in [5, 5.41) is 5.72. The number of carbonyl (C=O) groups excluding carboxylic acids is 2. The van der Waals surface area contributed by atoms with Crippen molar-refractivity contribution in [2.75, 3.05) is 0 Å². The largest absolute Gasteiger partial charge is 0.455 e. The van der Waals surface area contributed by atoms with Gasteiger partial charge in [-0.3, -0.25) is 9.59 Å². The molecule has 1 aromatic carbocycles. The first-order valence-corrected chi connectivity index (χ1v) is 10.2. The Balaban J connectivity index is 1.48. The van der Waals surface area contributed by atoms with Crippen molar-refractivity contribution in [1.82, 2.24) is 10.3 Å². The van der Waals surface area contributed by atoms with Gasteiger partial charge in [0.1, 0.15) is 10.8 Å². The molecule has 0 bridgehead atoms. The SMILES string of the molecule is Cc1c(C(=O)NCc2csc(-c3ccccc3)n2)oc2c1C(=O)CC(C)(C)C2. The number of furan rings is 1. The highest BCUT2D eigenvalue weighted by Crippen LogP contribution is 2.38. The maximum absolute atomic E-state index is 12.7. The summed E-state index contributed by atoms with van der Waals surface area (Å²) < 4.78 is 5.82. The number of ketones is 1. The van der Waals surface area contributed by atoms with E-state index in [0.717, 1.165) is 16.3 Å². The van der Waals surface area contributed by atoms with Crippen LogP contribution in [0.1, 0.15) is 58.2 Å². The normalized spacial score (nSPS) is 15.3. The number of thiazole rings is 1. The summed E-state index contributed by atoms with van der Waals surface area (Å²) >= 11 is 1.54. The number of carbonyl (C=O) groups is 2. The molecule has 1 aliphatic carbocycles. The lowest BCUT2D eigenvalue weighted by Gasteiger charge is -2.27. The van der Waals surface area contributed by atoms with Gasteiger partial charge in [0.05, 0.1) is 17.8 Å². The van der Waals surface area contributed by atoms with Gasteiger partial charge in [-0.15, -0.1) is 11.3 Å². The Labute approximate surface area is 167 Å². The molecule has 0 saturated heterocycles. The summed E-state index contributed by atoms with van der Waals surface area (Å²) in [4.78, 5) is 29.7. The van der Waals surface area contributed by atoms with Crippen LogP contribution in [-0.2, 0) is 13.0 Å². The van der Waals surface area contributed by atoms with E-state index in [0.29, 0.717) is 36.3 Å². The minimum atomic E-state index is -0.313. The van der Waals surface area contributed by atoms with Crippen molar-refractivity contribution in [3.05, 3.63) is 64.1 Å². The highest BCUT2D eigenvalue weighted by atomic mass is 32.1. The summed E-state index contributed by atoms with van der Waals surface area (Å²) in [5.41, 5.74) is 2.93. The van der Waals surface area contributed by atoms with Crippen LogP contribution in [0.5, 0.6) is 0 Å². The Morgan fingerprint density at radius 1 is 1.25 bits per heavy atom. The van der Waals surface area contributed by atoms with Gasteiger partial charge in [0, 0.05) is 29.3 Å². The van der Waals surface area contributed by atoms with E-state index in [1.807, 2.05) is 49.6 Å². The van der Waals surface area contributed by atoms with Crippen LogP contribution in [0.3, 0.4) is 0 Å². The van der Waals surface area contributed by atoms with Crippen LogP contribution < -0.4 is 5.32 Å². The van der Waals surface area contributed by atoms with Crippen molar-refractivity contribution in [3.63, 3.8) is 0 Å². The highest BCUT2D eigenvalue weighted by Gasteiger charge is 2.37. The average molecular weight is 394 g/mol. The minimum absolute atomic E-state index is 0.0542. The second kappa shape index (κ2) is 7.02. The van der Waals surface area contributed by atoms with Crippen molar-refractivity contribution in [1.29, 1.82) is 0 Å². The molecule has 6 heteroatoms. The quantitative estimate of drug-likeness (QED) is 0.690. The number of Topliss-reactive ketones (excluding diaryl/α,β-unsaturated/α-hetero) is 1. The third-order valence-corrected chi connectivity index (χ3v) is 5.93. The molecule has 1 N–H and O–H groups in total. The van der Waals surface area contributed by atoms with E-state index in [-0.39, 0.29) is 22.9 Å². The van der Waals surface area contributed by atoms with E-state index in [1.165, 1.54) is 0 Å². The molecule has 0 radical (unpaired) electrons. The van der Waals surface area contributed by atoms with Crippen molar-refractivity contribution in [3.8, 4) is 10.6 Å². The monoisotopic (exact) mass is 394 g/mol. The van der Waals surface area contributed by atoms with Crippen LogP contribution in [0.15, 0.2) is 40.1 Å². The predicted molar refractivity (Wildman–Crippen MR) is 109 cm³/mol. The maximum Gasteiger partial charge on any atom is 0.287 e. The molecule has 0 saturated carbocycles. The molecule has 2 aromatic heterocycles. The molecule has 2 heterocycles. The molecule has 1 aliphatic rings. The molecule has 3 aromatic rings. The number of hydrogen-bond donors (Lipinski definition) is 1. The number of hydrogen-bond acceptors (Lipinski definition) is 5. The fourth-order valence-corrected chi connectivity index (χ4v) is 4.48. The zero-order chi connectivity index (χ0) is 19.9. The molecular weight excluding hydrogens is 372 g/mol. The first kappa shape index (κ1) is 18.6. The number of aromatic nitrogens is 1. The number of benzene rings is 1. The molecule has 28 heavy (non-hydrogen) atoms. The Hall–Kier alpha value is -2.73. The second-order valence-electron chi connectivity index (χ2n) is 7.99. The molecule has 0 fully saturated rings. The van der Waals surface area contributed by atoms with Gasteiger partial charge in [-0.25, -0.2) is 4.98 Å². The van der Waals surface area contributed by atoms with Crippen LogP contribution >= 0.6 is 11.3 Å². The Bertz CT molecular complexity index is 1050. The van der Waals surface area contributed by atoms with Gasteiger partial charge in [-0.05, 0) is 12.3 Å². The number of amides is 1. The van der Waals surface area contributed by atoms with E-state index in [2.05, 4.69) is 10.3 Å². The lowest BCUT2D eigenvalue weighted by molar-refractivity contribution is 0.0888. The number of nitrogens with one attached hydrogen (secondary N) is 1. The Kier molecular flexibility index (Phi) is 4.67. The van der Waals surface area contributed by atoms with Crippen LogP contribution in [-0.4, -0.2) is 16.7 Å². The third kappa shape index (κ3) is 3.52. The van der Waals surface area contributed by atoms with Crippen LogP contribution in [0, 0.1) is 12.3 Å². The van der Waals surface area contributed by atoms with Crippen LogP contribution in [0.2, 0.25) is 0 Å². The average Bonchev–Trinajstić information content (AvgIpc) is 3.24. The van der Waals surface area contributed by atoms with Crippen molar-refractivity contribution in [2.45, 2.75) is 40.2 Å². The fraction of sp³-hybridized carbons (Fsp3) is 0.318. The van der Waals surface area contributed by atoms with Crippen molar-refractivity contribution in [2.24, 2.45) is 5.41 Å². The smallest absolute Gasteiger partial charge is 0.287 e. The minimum Gasteiger partial charge on any atom is -0.455 e. The van der Waals surface area contributed by atoms with Crippen LogP contribution in [0.25, 0.3) is 10.6 Å². The summed E-state index contributed by atoms with van der Waals surface area (Å²) in [7, 11) is 0. The van der Waals surface area contributed by atoms with E-state index in [1.54, 1.807) is 18.3 Å². The van der Waals surface area contributed by atoms with Crippen molar-refractivity contribution < 1.29 is 14.0 Å². The molecule has 0 unspecified atom stereocenters.